The molecule has 106 valence electrons. The van der Waals surface area contributed by atoms with Gasteiger partial charge in [-0.05, 0) is 25.3 Å². The minimum absolute atomic E-state index is 0.366. The molecule has 0 aromatic carbocycles. The van der Waals surface area contributed by atoms with Crippen LogP contribution in [0.1, 0.15) is 43.4 Å². The summed E-state index contributed by atoms with van der Waals surface area (Å²) in [7, 11) is 0. The maximum Gasteiger partial charge on any atom is 0.100 e. The van der Waals surface area contributed by atoms with Gasteiger partial charge in [-0.3, -0.25) is 4.98 Å². The lowest BCUT2D eigenvalue weighted by Crippen LogP contribution is -2.14. The molecule has 20 heavy (non-hydrogen) atoms. The van der Waals surface area contributed by atoms with E-state index in [-0.39, 0.29) is 0 Å². The fourth-order valence-electron chi connectivity index (χ4n) is 2.48. The van der Waals surface area contributed by atoms with Crippen LogP contribution >= 0.6 is 11.3 Å². The first-order valence-electron chi connectivity index (χ1n) is 7.23. The minimum atomic E-state index is 0.366. The third-order valence-electron chi connectivity index (χ3n) is 3.46. The van der Waals surface area contributed by atoms with Crippen molar-refractivity contribution in [1.82, 2.24) is 20.3 Å². The number of thiazole rings is 1. The normalized spacial score (nSPS) is 18.9. The first-order valence-corrected chi connectivity index (χ1v) is 8.04. The average molecular weight is 288 g/mol. The quantitative estimate of drug-likeness (QED) is 0.938. The van der Waals surface area contributed by atoms with Crippen molar-refractivity contribution in [2.45, 2.75) is 39.2 Å². The maximum absolute atomic E-state index is 4.76. The van der Waals surface area contributed by atoms with Crippen LogP contribution in [0.3, 0.4) is 0 Å². The predicted molar refractivity (Wildman–Crippen MR) is 81.7 cm³/mol. The van der Waals surface area contributed by atoms with Crippen molar-refractivity contribution < 1.29 is 0 Å². The Labute approximate surface area is 123 Å². The van der Waals surface area contributed by atoms with E-state index in [1.165, 1.54) is 11.4 Å². The summed E-state index contributed by atoms with van der Waals surface area (Å²) >= 11 is 1.73. The first kappa shape index (κ1) is 13.6. The van der Waals surface area contributed by atoms with Crippen LogP contribution in [0.15, 0.2) is 18.6 Å². The molecule has 3 rings (SSSR count). The highest BCUT2D eigenvalue weighted by Gasteiger charge is 2.18. The van der Waals surface area contributed by atoms with Gasteiger partial charge in [0.25, 0.3) is 0 Å². The lowest BCUT2D eigenvalue weighted by Gasteiger charge is -2.09. The zero-order chi connectivity index (χ0) is 13.9. The Morgan fingerprint density at radius 2 is 2.25 bits per heavy atom. The van der Waals surface area contributed by atoms with Crippen LogP contribution in [0.25, 0.3) is 10.6 Å². The summed E-state index contributed by atoms with van der Waals surface area (Å²) < 4.78 is 0. The molecule has 0 bridgehead atoms. The van der Waals surface area contributed by atoms with Crippen molar-refractivity contribution in [2.24, 2.45) is 5.92 Å². The van der Waals surface area contributed by atoms with Crippen molar-refractivity contribution in [2.75, 3.05) is 6.54 Å². The van der Waals surface area contributed by atoms with Gasteiger partial charge in [0.1, 0.15) is 5.69 Å². The van der Waals surface area contributed by atoms with E-state index in [1.807, 2.05) is 18.6 Å². The molecule has 0 aliphatic carbocycles. The van der Waals surface area contributed by atoms with E-state index in [2.05, 4.69) is 29.1 Å². The molecule has 2 aromatic heterocycles. The Morgan fingerprint density at radius 3 is 3.00 bits per heavy atom. The van der Waals surface area contributed by atoms with E-state index in [0.29, 0.717) is 12.0 Å². The van der Waals surface area contributed by atoms with Crippen LogP contribution in [0.4, 0.5) is 0 Å². The molecule has 1 aliphatic rings. The van der Waals surface area contributed by atoms with E-state index < -0.39 is 0 Å². The molecule has 5 heteroatoms. The smallest absolute Gasteiger partial charge is 0.100 e. The van der Waals surface area contributed by atoms with Crippen LogP contribution in [-0.2, 0) is 6.42 Å². The highest BCUT2D eigenvalue weighted by molar-refractivity contribution is 7.15. The topological polar surface area (TPSA) is 50.7 Å². The summed E-state index contributed by atoms with van der Waals surface area (Å²) in [5.74, 6) is 0.633. The number of aromatic nitrogens is 3. The largest absolute Gasteiger partial charge is 0.309 e. The van der Waals surface area contributed by atoms with Crippen LogP contribution < -0.4 is 5.32 Å². The van der Waals surface area contributed by atoms with Gasteiger partial charge in [-0.15, -0.1) is 11.3 Å². The molecular weight excluding hydrogens is 268 g/mol. The molecule has 1 N–H and O–H groups in total. The van der Waals surface area contributed by atoms with E-state index in [4.69, 9.17) is 4.98 Å². The van der Waals surface area contributed by atoms with Crippen molar-refractivity contribution in [1.29, 1.82) is 0 Å². The van der Waals surface area contributed by atoms with Crippen LogP contribution in [0.2, 0.25) is 0 Å². The second-order valence-electron chi connectivity index (χ2n) is 5.69. The summed E-state index contributed by atoms with van der Waals surface area (Å²) in [6, 6.07) is 0.366. The van der Waals surface area contributed by atoms with Gasteiger partial charge in [0, 0.05) is 12.6 Å². The van der Waals surface area contributed by atoms with Gasteiger partial charge in [0.05, 0.1) is 34.0 Å². The van der Waals surface area contributed by atoms with Gasteiger partial charge in [0.2, 0.25) is 0 Å². The highest BCUT2D eigenvalue weighted by Crippen LogP contribution is 2.27. The summed E-state index contributed by atoms with van der Waals surface area (Å²) in [5, 5.41) is 4.65. The second-order valence-corrected chi connectivity index (χ2v) is 6.81. The van der Waals surface area contributed by atoms with Gasteiger partial charge in [0.15, 0.2) is 0 Å². The zero-order valence-electron chi connectivity index (χ0n) is 12.0. The Hall–Kier alpha value is -1.33. The van der Waals surface area contributed by atoms with Gasteiger partial charge >= 0.3 is 0 Å². The van der Waals surface area contributed by atoms with E-state index in [1.54, 1.807) is 11.3 Å². The summed E-state index contributed by atoms with van der Waals surface area (Å²) in [6.07, 6.45) is 9.04. The molecule has 0 spiro atoms. The third kappa shape index (κ3) is 3.04. The fourth-order valence-corrected chi connectivity index (χ4v) is 3.56. The van der Waals surface area contributed by atoms with Crippen molar-refractivity contribution >= 4 is 11.3 Å². The molecule has 3 heterocycles. The molecule has 0 amide bonds. The standard InChI is InChI=1S/C15H20N4S/c1-10(2)6-15-18-9-14(20-15)13-8-16-7-12(19-13)11-4-3-5-17-11/h7-11,17H,3-6H2,1-2H3/t11-/m0/s1. The minimum Gasteiger partial charge on any atom is -0.309 e. The van der Waals surface area contributed by atoms with Crippen molar-refractivity contribution in [3.8, 4) is 10.6 Å². The Morgan fingerprint density at radius 1 is 1.35 bits per heavy atom. The van der Waals surface area contributed by atoms with Crippen molar-refractivity contribution in [3.05, 3.63) is 29.3 Å². The second kappa shape index (κ2) is 5.97. The lowest BCUT2D eigenvalue weighted by molar-refractivity contribution is 0.625. The summed E-state index contributed by atoms with van der Waals surface area (Å²) in [5.41, 5.74) is 2.00. The molecular formula is C15H20N4S. The summed E-state index contributed by atoms with van der Waals surface area (Å²) in [6.45, 7) is 5.51. The van der Waals surface area contributed by atoms with E-state index in [0.717, 1.165) is 35.7 Å². The number of hydrogen-bond donors (Lipinski definition) is 1. The number of nitrogens with one attached hydrogen (secondary N) is 1. The maximum atomic E-state index is 4.76. The van der Waals surface area contributed by atoms with Crippen molar-refractivity contribution in [3.63, 3.8) is 0 Å². The first-order chi connectivity index (χ1) is 9.72. The molecule has 1 atom stereocenters. The average Bonchev–Trinajstić information content (AvgIpc) is 3.09. The molecule has 0 unspecified atom stereocenters. The van der Waals surface area contributed by atoms with Gasteiger partial charge in [-0.1, -0.05) is 13.8 Å². The Bertz CT molecular complexity index is 573. The number of nitrogens with zero attached hydrogens (tertiary/aromatic N) is 3. The molecule has 1 saturated heterocycles. The monoisotopic (exact) mass is 288 g/mol. The Kier molecular flexibility index (Phi) is 4.08. The molecule has 1 aliphatic heterocycles. The SMILES string of the molecule is CC(C)Cc1ncc(-c2cncc([C@@H]3CCCN3)n2)s1. The van der Waals surface area contributed by atoms with Gasteiger partial charge in [-0.25, -0.2) is 9.97 Å². The molecule has 0 radical (unpaired) electrons. The number of rotatable bonds is 4. The molecule has 0 saturated carbocycles. The van der Waals surface area contributed by atoms with Crippen LogP contribution in [-0.4, -0.2) is 21.5 Å². The molecule has 2 aromatic rings. The van der Waals surface area contributed by atoms with E-state index >= 15 is 0 Å². The highest BCUT2D eigenvalue weighted by atomic mass is 32.1. The fraction of sp³-hybridized carbons (Fsp3) is 0.533. The zero-order valence-corrected chi connectivity index (χ0v) is 12.8. The predicted octanol–water partition coefficient (Wildman–Crippen LogP) is 3.22. The van der Waals surface area contributed by atoms with E-state index in [9.17, 15) is 0 Å². The third-order valence-corrected chi connectivity index (χ3v) is 4.50. The summed E-state index contributed by atoms with van der Waals surface area (Å²) in [4.78, 5) is 14.7. The lowest BCUT2D eigenvalue weighted by atomic mass is 10.1. The number of hydrogen-bond acceptors (Lipinski definition) is 5. The Balaban J connectivity index is 1.82. The van der Waals surface area contributed by atoms with Gasteiger partial charge in [-0.2, -0.15) is 0 Å². The van der Waals surface area contributed by atoms with Crippen LogP contribution in [0.5, 0.6) is 0 Å². The van der Waals surface area contributed by atoms with Gasteiger partial charge < -0.3 is 5.32 Å². The molecule has 4 nitrogen and oxygen atoms in total. The molecule has 1 fully saturated rings. The van der Waals surface area contributed by atoms with Crippen LogP contribution in [0, 0.1) is 5.92 Å².